The summed E-state index contributed by atoms with van der Waals surface area (Å²) in [4.78, 5) is 0. The van der Waals surface area contributed by atoms with E-state index >= 15 is 0 Å². The van der Waals surface area contributed by atoms with Crippen LogP contribution in [0.1, 0.15) is 57.4 Å². The maximum atomic E-state index is 5.76. The van der Waals surface area contributed by atoms with Crippen LogP contribution in [0.3, 0.4) is 0 Å². The topological polar surface area (TPSA) is 73.8 Å². The first-order chi connectivity index (χ1) is 19.4. The second-order valence-electron chi connectivity index (χ2n) is 9.08. The summed E-state index contributed by atoms with van der Waals surface area (Å²) in [5, 5.41) is 0. The lowest BCUT2D eigenvalue weighted by molar-refractivity contribution is -0.0193. The van der Waals surface area contributed by atoms with Crippen molar-refractivity contribution in [2.75, 3.05) is 92.5 Å². The molecule has 0 heterocycles. The zero-order chi connectivity index (χ0) is 27.9. The Morgan fingerprint density at radius 1 is 0.513 bits per heavy atom. The van der Waals surface area contributed by atoms with Gasteiger partial charge in [0.2, 0.25) is 0 Å². The largest absolute Gasteiger partial charge is 0.499 e. The molecule has 1 aromatic rings. The predicted octanol–water partition coefficient (Wildman–Crippen LogP) is 5.62. The van der Waals surface area contributed by atoms with E-state index in [4.69, 9.17) is 37.9 Å². The maximum Gasteiger partial charge on any atom is 0.119 e. The van der Waals surface area contributed by atoms with Crippen LogP contribution in [0.25, 0.3) is 0 Å². The second kappa shape index (κ2) is 29.3. The number of aryl methyl sites for hydroxylation is 1. The Morgan fingerprint density at radius 3 is 1.38 bits per heavy atom. The Bertz CT molecular complexity index is 626. The number of hydrogen-bond donors (Lipinski definition) is 0. The molecule has 0 N–H and O–H groups in total. The minimum atomic E-state index is 0.510. The van der Waals surface area contributed by atoms with Gasteiger partial charge in [-0.1, -0.05) is 64.2 Å². The smallest absolute Gasteiger partial charge is 0.119 e. The molecule has 226 valence electrons. The minimum absolute atomic E-state index is 0.510. The van der Waals surface area contributed by atoms with Gasteiger partial charge in [0.25, 0.3) is 0 Å². The summed E-state index contributed by atoms with van der Waals surface area (Å²) >= 11 is 0. The normalized spacial score (nSPS) is 11.1. The molecule has 0 aliphatic rings. The van der Waals surface area contributed by atoms with E-state index in [-0.39, 0.29) is 0 Å². The summed E-state index contributed by atoms with van der Waals surface area (Å²) in [7, 11) is 0. The lowest BCUT2D eigenvalue weighted by atomic mass is 10.0. The molecule has 0 aromatic heterocycles. The van der Waals surface area contributed by atoms with Crippen LogP contribution in [0.4, 0.5) is 0 Å². The standard InChI is InChI=1S/C31H54O8/c1-3-5-6-7-8-9-10-11-30-12-14-31(15-13-30)39-29-28-38-27-26-37-25-24-36-23-22-35-21-20-34-19-18-33-17-16-32-4-2/h4,12-15H,2-3,5-11,16-29H2,1H3. The van der Waals surface area contributed by atoms with E-state index in [0.29, 0.717) is 92.5 Å². The van der Waals surface area contributed by atoms with Crippen molar-refractivity contribution >= 4 is 0 Å². The number of hydrogen-bond acceptors (Lipinski definition) is 8. The third-order valence-corrected chi connectivity index (χ3v) is 5.81. The molecule has 0 amide bonds. The van der Waals surface area contributed by atoms with Gasteiger partial charge in [-0.3, -0.25) is 0 Å². The monoisotopic (exact) mass is 554 g/mol. The highest BCUT2D eigenvalue weighted by molar-refractivity contribution is 5.27. The molecule has 0 aliphatic carbocycles. The zero-order valence-corrected chi connectivity index (χ0v) is 24.4. The third-order valence-electron chi connectivity index (χ3n) is 5.81. The van der Waals surface area contributed by atoms with E-state index in [9.17, 15) is 0 Å². The minimum Gasteiger partial charge on any atom is -0.499 e. The molecule has 8 nitrogen and oxygen atoms in total. The third kappa shape index (κ3) is 25.1. The van der Waals surface area contributed by atoms with Crippen LogP contribution in [0.15, 0.2) is 37.1 Å². The van der Waals surface area contributed by atoms with Crippen molar-refractivity contribution in [3.8, 4) is 5.75 Å². The van der Waals surface area contributed by atoms with Crippen LogP contribution in [0.5, 0.6) is 5.75 Å². The predicted molar refractivity (Wildman–Crippen MR) is 155 cm³/mol. The molecule has 0 saturated carbocycles. The Kier molecular flexibility index (Phi) is 26.6. The Morgan fingerprint density at radius 2 is 0.923 bits per heavy atom. The molecule has 1 aromatic carbocycles. The Hall–Kier alpha value is -1.68. The summed E-state index contributed by atoms with van der Waals surface area (Å²) in [5.74, 6) is 0.892. The van der Waals surface area contributed by atoms with Gasteiger partial charge in [0, 0.05) is 0 Å². The molecule has 0 aliphatic heterocycles. The fourth-order valence-corrected chi connectivity index (χ4v) is 3.65. The molecule has 0 radical (unpaired) electrons. The number of benzene rings is 1. The highest BCUT2D eigenvalue weighted by Crippen LogP contribution is 2.15. The quantitative estimate of drug-likeness (QED) is 0.0865. The van der Waals surface area contributed by atoms with Gasteiger partial charge in [0.1, 0.15) is 19.0 Å². The van der Waals surface area contributed by atoms with Crippen LogP contribution < -0.4 is 4.74 Å². The second-order valence-corrected chi connectivity index (χ2v) is 9.08. The zero-order valence-electron chi connectivity index (χ0n) is 24.4. The summed E-state index contributed by atoms with van der Waals surface area (Å²) in [6, 6.07) is 8.46. The van der Waals surface area contributed by atoms with E-state index in [1.807, 2.05) is 0 Å². The van der Waals surface area contributed by atoms with Gasteiger partial charge in [-0.15, -0.1) is 0 Å². The fourth-order valence-electron chi connectivity index (χ4n) is 3.65. The van der Waals surface area contributed by atoms with Crippen molar-refractivity contribution in [1.82, 2.24) is 0 Å². The van der Waals surface area contributed by atoms with E-state index in [0.717, 1.165) is 12.2 Å². The maximum absolute atomic E-state index is 5.76. The van der Waals surface area contributed by atoms with E-state index < -0.39 is 0 Å². The van der Waals surface area contributed by atoms with Gasteiger partial charge in [-0.2, -0.15) is 0 Å². The number of rotatable bonds is 31. The van der Waals surface area contributed by atoms with Gasteiger partial charge in [0.15, 0.2) is 0 Å². The van der Waals surface area contributed by atoms with Crippen LogP contribution >= 0.6 is 0 Å². The first-order valence-corrected chi connectivity index (χ1v) is 14.8. The molecule has 1 rings (SSSR count). The summed E-state index contributed by atoms with van der Waals surface area (Å²) in [6.07, 6.45) is 12.0. The Labute approximate surface area is 237 Å². The molecule has 0 unspecified atom stereocenters. The SMILES string of the molecule is C=COCCOCCOCCOCCOCCOCCOCCOc1ccc(CCCCCCCCC)cc1. The number of unbranched alkanes of at least 4 members (excludes halogenated alkanes) is 6. The molecule has 0 saturated heterocycles. The molecular formula is C31H54O8. The van der Waals surface area contributed by atoms with Crippen molar-refractivity contribution in [3.05, 3.63) is 42.7 Å². The lowest BCUT2D eigenvalue weighted by Crippen LogP contribution is -2.15. The van der Waals surface area contributed by atoms with Crippen molar-refractivity contribution in [1.29, 1.82) is 0 Å². The van der Waals surface area contributed by atoms with Crippen LogP contribution in [0, 0.1) is 0 Å². The molecule has 8 heteroatoms. The first-order valence-electron chi connectivity index (χ1n) is 14.8. The Balaban J connectivity index is 1.77. The molecule has 39 heavy (non-hydrogen) atoms. The molecule has 0 fully saturated rings. The van der Waals surface area contributed by atoms with Crippen LogP contribution in [0.2, 0.25) is 0 Å². The van der Waals surface area contributed by atoms with Crippen LogP contribution in [-0.4, -0.2) is 92.5 Å². The average Bonchev–Trinajstić information content (AvgIpc) is 2.96. The lowest BCUT2D eigenvalue weighted by Gasteiger charge is -2.09. The molecule has 0 bridgehead atoms. The fraction of sp³-hybridized carbons (Fsp3) is 0.742. The van der Waals surface area contributed by atoms with Crippen molar-refractivity contribution in [2.45, 2.75) is 58.3 Å². The van der Waals surface area contributed by atoms with Gasteiger partial charge in [0.05, 0.1) is 85.5 Å². The molecular weight excluding hydrogens is 500 g/mol. The van der Waals surface area contributed by atoms with Crippen molar-refractivity contribution < 1.29 is 37.9 Å². The number of ether oxygens (including phenoxy) is 8. The van der Waals surface area contributed by atoms with Gasteiger partial charge >= 0.3 is 0 Å². The summed E-state index contributed by atoms with van der Waals surface area (Å²) < 4.78 is 43.5. The highest BCUT2D eigenvalue weighted by atomic mass is 16.6. The van der Waals surface area contributed by atoms with Gasteiger partial charge < -0.3 is 37.9 Å². The average molecular weight is 555 g/mol. The summed E-state index contributed by atoms with van der Waals surface area (Å²) in [6.45, 7) is 13.2. The summed E-state index contributed by atoms with van der Waals surface area (Å²) in [5.41, 5.74) is 1.38. The van der Waals surface area contributed by atoms with Crippen molar-refractivity contribution in [3.63, 3.8) is 0 Å². The molecule has 0 spiro atoms. The van der Waals surface area contributed by atoms with Crippen LogP contribution in [-0.2, 0) is 39.6 Å². The van der Waals surface area contributed by atoms with E-state index in [1.165, 1.54) is 56.8 Å². The van der Waals surface area contributed by atoms with E-state index in [1.54, 1.807) is 0 Å². The highest BCUT2D eigenvalue weighted by Gasteiger charge is 1.98. The van der Waals surface area contributed by atoms with Crippen molar-refractivity contribution in [2.24, 2.45) is 0 Å². The molecule has 0 atom stereocenters. The van der Waals surface area contributed by atoms with E-state index in [2.05, 4.69) is 37.8 Å². The first kappa shape index (κ1) is 35.3. The van der Waals surface area contributed by atoms with Gasteiger partial charge in [-0.05, 0) is 30.5 Å². The van der Waals surface area contributed by atoms with Gasteiger partial charge in [-0.25, -0.2) is 0 Å².